The molecule has 0 radical (unpaired) electrons. The zero-order valence-corrected chi connectivity index (χ0v) is 16.3. The van der Waals surface area contributed by atoms with E-state index in [1.54, 1.807) is 7.11 Å². The van der Waals surface area contributed by atoms with Crippen LogP contribution in [0.3, 0.4) is 0 Å². The smallest absolute Gasteiger partial charge is 0.330 e. The quantitative estimate of drug-likeness (QED) is 0.261. The molecule has 0 spiro atoms. The van der Waals surface area contributed by atoms with E-state index in [0.717, 1.165) is 13.1 Å². The molecule has 0 amide bonds. The molecule has 0 aromatic heterocycles. The third-order valence-electron chi connectivity index (χ3n) is 4.02. The number of alkyl halides is 4. The summed E-state index contributed by atoms with van der Waals surface area (Å²) >= 11 is 0. The summed E-state index contributed by atoms with van der Waals surface area (Å²) in [6, 6.07) is 0. The van der Waals surface area contributed by atoms with Gasteiger partial charge in [-0.3, -0.25) is 0 Å². The maximum atomic E-state index is 13.0. The lowest BCUT2D eigenvalue weighted by Gasteiger charge is -2.28. The molecule has 1 unspecified atom stereocenters. The average Bonchev–Trinajstić information content (AvgIpc) is 2.67. The van der Waals surface area contributed by atoms with Crippen molar-refractivity contribution in [3.8, 4) is 0 Å². The van der Waals surface area contributed by atoms with Gasteiger partial charge in [0, 0.05) is 7.11 Å². The second kappa shape index (κ2) is 15.3. The summed E-state index contributed by atoms with van der Waals surface area (Å²) in [7, 11) is 1.59. The van der Waals surface area contributed by atoms with E-state index in [1.807, 2.05) is 0 Å². The molecule has 28 heavy (non-hydrogen) atoms. The Hall–Kier alpha value is -0.560. The SMILES string of the molecule is COCCOCCOCCOC(COCC(F)(F)C(F)F)C[NH+]1CCOCC1. The van der Waals surface area contributed by atoms with Crippen LogP contribution in [0.25, 0.3) is 0 Å². The van der Waals surface area contributed by atoms with Gasteiger partial charge in [0.2, 0.25) is 0 Å². The highest BCUT2D eigenvalue weighted by molar-refractivity contribution is 4.68. The molecule has 1 heterocycles. The Kier molecular flexibility index (Phi) is 13.9. The van der Waals surface area contributed by atoms with Crippen LogP contribution in [-0.4, -0.2) is 111 Å². The first-order valence-corrected chi connectivity index (χ1v) is 9.36. The number of rotatable bonds is 17. The number of hydrogen-bond donors (Lipinski definition) is 1. The lowest BCUT2D eigenvalue weighted by molar-refractivity contribution is -0.911. The Labute approximate surface area is 163 Å². The van der Waals surface area contributed by atoms with Gasteiger partial charge >= 0.3 is 12.3 Å². The van der Waals surface area contributed by atoms with Crippen molar-refractivity contribution in [2.45, 2.75) is 18.5 Å². The maximum absolute atomic E-state index is 13.0. The van der Waals surface area contributed by atoms with E-state index in [1.165, 1.54) is 4.90 Å². The van der Waals surface area contributed by atoms with Gasteiger partial charge in [0.1, 0.15) is 32.3 Å². The van der Waals surface area contributed by atoms with Crippen LogP contribution >= 0.6 is 0 Å². The first-order chi connectivity index (χ1) is 13.5. The third kappa shape index (κ3) is 12.1. The molecule has 0 aromatic carbocycles. The standard InChI is InChI=1S/C17H31F4NO6/c1-23-6-7-25-8-9-26-10-11-28-15(12-22-2-4-24-5-3-22)13-27-14-17(20,21)16(18)19/h15-16H,2-14H2,1H3/p+1. The lowest BCUT2D eigenvalue weighted by Crippen LogP contribution is -3.15. The summed E-state index contributed by atoms with van der Waals surface area (Å²) in [4.78, 5) is 1.19. The minimum Gasteiger partial charge on any atom is -0.382 e. The van der Waals surface area contributed by atoms with E-state index in [-0.39, 0.29) is 13.2 Å². The molecule has 1 fully saturated rings. The monoisotopic (exact) mass is 422 g/mol. The molecule has 11 heteroatoms. The summed E-state index contributed by atoms with van der Waals surface area (Å²) in [6.45, 7) is 4.11. The minimum absolute atomic E-state index is 0.188. The van der Waals surface area contributed by atoms with E-state index in [2.05, 4.69) is 0 Å². The number of quaternary nitrogens is 1. The predicted octanol–water partition coefficient (Wildman–Crippen LogP) is -0.117. The molecular weight excluding hydrogens is 390 g/mol. The fourth-order valence-electron chi connectivity index (χ4n) is 2.48. The Morgan fingerprint density at radius 3 is 2.14 bits per heavy atom. The minimum atomic E-state index is -4.16. The van der Waals surface area contributed by atoms with E-state index in [0.29, 0.717) is 52.8 Å². The van der Waals surface area contributed by atoms with Crippen LogP contribution in [-0.2, 0) is 28.4 Å². The van der Waals surface area contributed by atoms with Gasteiger partial charge in [0.25, 0.3) is 0 Å². The summed E-state index contributed by atoms with van der Waals surface area (Å²) in [5.74, 6) is -4.16. The Bertz CT molecular complexity index is 376. The molecule has 168 valence electrons. The largest absolute Gasteiger partial charge is 0.382 e. The third-order valence-corrected chi connectivity index (χ3v) is 4.02. The molecule has 1 atom stereocenters. The van der Waals surface area contributed by atoms with Gasteiger partial charge in [-0.2, -0.15) is 8.78 Å². The average molecular weight is 422 g/mol. The van der Waals surface area contributed by atoms with Crippen LogP contribution in [0.15, 0.2) is 0 Å². The first-order valence-electron chi connectivity index (χ1n) is 9.36. The number of nitrogens with one attached hydrogen (secondary N) is 1. The molecule has 0 bridgehead atoms. The number of ether oxygens (including phenoxy) is 6. The van der Waals surface area contributed by atoms with Crippen molar-refractivity contribution in [3.05, 3.63) is 0 Å². The Balaban J connectivity index is 2.24. The van der Waals surface area contributed by atoms with Gasteiger partial charge in [0.05, 0.1) is 59.5 Å². The highest BCUT2D eigenvalue weighted by Crippen LogP contribution is 2.22. The van der Waals surface area contributed by atoms with Crippen LogP contribution < -0.4 is 4.90 Å². The maximum Gasteiger partial charge on any atom is 0.330 e. The van der Waals surface area contributed by atoms with Crippen molar-refractivity contribution in [3.63, 3.8) is 0 Å². The summed E-state index contributed by atoms with van der Waals surface area (Å²) in [6.07, 6.45) is -4.25. The van der Waals surface area contributed by atoms with E-state index in [9.17, 15) is 17.6 Å². The van der Waals surface area contributed by atoms with Gasteiger partial charge in [-0.25, -0.2) is 8.78 Å². The number of morpholine rings is 1. The molecule has 1 N–H and O–H groups in total. The first kappa shape index (κ1) is 25.5. The fourth-order valence-corrected chi connectivity index (χ4v) is 2.48. The zero-order valence-electron chi connectivity index (χ0n) is 16.3. The fraction of sp³-hybridized carbons (Fsp3) is 1.00. The van der Waals surface area contributed by atoms with Crippen LogP contribution in [0.1, 0.15) is 0 Å². The van der Waals surface area contributed by atoms with Gasteiger partial charge in [-0.1, -0.05) is 0 Å². The summed E-state index contributed by atoms with van der Waals surface area (Å²) in [5.41, 5.74) is 0. The van der Waals surface area contributed by atoms with Crippen LogP contribution in [0.4, 0.5) is 17.6 Å². The molecule has 0 saturated carbocycles. The van der Waals surface area contributed by atoms with E-state index < -0.39 is 25.1 Å². The number of halogens is 4. The van der Waals surface area contributed by atoms with Gasteiger partial charge in [0.15, 0.2) is 0 Å². The number of hydrogen-bond acceptors (Lipinski definition) is 6. The van der Waals surface area contributed by atoms with E-state index >= 15 is 0 Å². The van der Waals surface area contributed by atoms with Crippen LogP contribution in [0.2, 0.25) is 0 Å². The zero-order chi connectivity index (χ0) is 20.7. The summed E-state index contributed by atoms with van der Waals surface area (Å²) < 4.78 is 81.6. The molecule has 1 aliphatic heterocycles. The second-order valence-corrected chi connectivity index (χ2v) is 6.35. The molecule has 1 rings (SSSR count). The molecule has 0 aliphatic carbocycles. The predicted molar refractivity (Wildman–Crippen MR) is 91.4 cm³/mol. The van der Waals surface area contributed by atoms with Crippen molar-refractivity contribution >= 4 is 0 Å². The summed E-state index contributed by atoms with van der Waals surface area (Å²) in [5, 5.41) is 0. The van der Waals surface area contributed by atoms with Crippen molar-refractivity contribution in [1.82, 2.24) is 0 Å². The lowest BCUT2D eigenvalue weighted by atomic mass is 10.3. The second-order valence-electron chi connectivity index (χ2n) is 6.35. The van der Waals surface area contributed by atoms with Gasteiger partial charge in [-0.15, -0.1) is 0 Å². The molecule has 7 nitrogen and oxygen atoms in total. The van der Waals surface area contributed by atoms with Gasteiger partial charge in [-0.05, 0) is 0 Å². The van der Waals surface area contributed by atoms with Crippen molar-refractivity contribution in [2.75, 3.05) is 92.8 Å². The highest BCUT2D eigenvalue weighted by Gasteiger charge is 2.41. The molecule has 0 aromatic rings. The number of methoxy groups -OCH3 is 1. The van der Waals surface area contributed by atoms with Crippen LogP contribution in [0, 0.1) is 0 Å². The van der Waals surface area contributed by atoms with E-state index in [4.69, 9.17) is 28.4 Å². The van der Waals surface area contributed by atoms with Crippen molar-refractivity contribution < 1.29 is 50.9 Å². The topological polar surface area (TPSA) is 59.8 Å². The van der Waals surface area contributed by atoms with Crippen LogP contribution in [0.5, 0.6) is 0 Å². The Morgan fingerprint density at radius 1 is 0.929 bits per heavy atom. The molecular formula is C17H32F4NO6+. The normalized spacial score (nSPS) is 17.4. The highest BCUT2D eigenvalue weighted by atomic mass is 19.3. The molecule has 1 saturated heterocycles. The van der Waals surface area contributed by atoms with Gasteiger partial charge < -0.3 is 33.3 Å². The molecule has 1 aliphatic rings. The Morgan fingerprint density at radius 2 is 1.54 bits per heavy atom. The van der Waals surface area contributed by atoms with Crippen molar-refractivity contribution in [1.29, 1.82) is 0 Å². The van der Waals surface area contributed by atoms with Crippen molar-refractivity contribution in [2.24, 2.45) is 0 Å².